The number of aryl methyl sites for hydroxylation is 2. The molecule has 3 aromatic rings. The van der Waals surface area contributed by atoms with Crippen molar-refractivity contribution in [2.75, 3.05) is 5.75 Å². The maximum absolute atomic E-state index is 12.6. The summed E-state index contributed by atoms with van der Waals surface area (Å²) in [5.41, 5.74) is 2.29. The number of hydrogen-bond acceptors (Lipinski definition) is 7. The number of nitrogens with zero attached hydrogens (tertiary/aromatic N) is 3. The average Bonchev–Trinajstić information content (AvgIpc) is 3.28. The van der Waals surface area contributed by atoms with Gasteiger partial charge in [-0.2, -0.15) is 4.98 Å². The second-order valence-electron chi connectivity index (χ2n) is 6.69. The van der Waals surface area contributed by atoms with E-state index in [0.29, 0.717) is 0 Å². The van der Waals surface area contributed by atoms with E-state index in [1.807, 2.05) is 0 Å². The SMILES string of the molecule is O=c1nc2n(c3sc4c(c13)CCCC4)C(=CSc1ccc([N+](=O)[O-])cc1)CS2. The molecule has 0 unspecified atom stereocenters. The third-order valence-corrected chi connectivity index (χ3v) is 8.16. The molecule has 3 heterocycles. The Morgan fingerprint density at radius 1 is 1.21 bits per heavy atom. The first kappa shape index (κ1) is 18.0. The van der Waals surface area contributed by atoms with Gasteiger partial charge in [0, 0.05) is 33.4 Å². The average molecular weight is 430 g/mol. The van der Waals surface area contributed by atoms with Gasteiger partial charge >= 0.3 is 0 Å². The van der Waals surface area contributed by atoms with Gasteiger partial charge in [-0.25, -0.2) is 0 Å². The number of hydrogen-bond donors (Lipinski definition) is 0. The zero-order valence-corrected chi connectivity index (χ0v) is 17.2. The molecule has 0 fully saturated rings. The fraction of sp³-hybridized carbons (Fsp3) is 0.263. The van der Waals surface area contributed by atoms with Crippen molar-refractivity contribution in [2.45, 2.75) is 35.7 Å². The van der Waals surface area contributed by atoms with Crippen molar-refractivity contribution in [1.82, 2.24) is 9.55 Å². The van der Waals surface area contributed by atoms with Gasteiger partial charge in [0.15, 0.2) is 5.16 Å². The van der Waals surface area contributed by atoms with E-state index in [1.54, 1.807) is 35.2 Å². The Morgan fingerprint density at radius 2 is 2.00 bits per heavy atom. The molecule has 5 rings (SSSR count). The van der Waals surface area contributed by atoms with Gasteiger partial charge in [-0.3, -0.25) is 19.5 Å². The van der Waals surface area contributed by atoms with Crippen LogP contribution in [0.3, 0.4) is 0 Å². The smallest absolute Gasteiger partial charge is 0.282 e. The van der Waals surface area contributed by atoms with Gasteiger partial charge in [-0.15, -0.1) is 11.3 Å². The lowest BCUT2D eigenvalue weighted by atomic mass is 9.97. The maximum Gasteiger partial charge on any atom is 0.282 e. The van der Waals surface area contributed by atoms with Crippen LogP contribution in [0.15, 0.2) is 44.5 Å². The molecule has 0 amide bonds. The van der Waals surface area contributed by atoms with E-state index in [9.17, 15) is 14.9 Å². The van der Waals surface area contributed by atoms with E-state index in [2.05, 4.69) is 15.0 Å². The minimum Gasteiger partial charge on any atom is -0.282 e. The molecule has 1 aliphatic heterocycles. The van der Waals surface area contributed by atoms with Crippen molar-refractivity contribution in [3.63, 3.8) is 0 Å². The van der Waals surface area contributed by atoms with Crippen molar-refractivity contribution in [2.24, 2.45) is 0 Å². The van der Waals surface area contributed by atoms with Crippen LogP contribution < -0.4 is 5.56 Å². The molecule has 2 aromatic heterocycles. The first-order valence-corrected chi connectivity index (χ1v) is 11.6. The maximum atomic E-state index is 12.6. The minimum atomic E-state index is -0.395. The number of benzene rings is 1. The largest absolute Gasteiger partial charge is 0.282 e. The summed E-state index contributed by atoms with van der Waals surface area (Å²) in [5, 5.41) is 14.4. The van der Waals surface area contributed by atoms with Crippen LogP contribution in [0.4, 0.5) is 5.69 Å². The highest BCUT2D eigenvalue weighted by Crippen LogP contribution is 2.41. The van der Waals surface area contributed by atoms with Crippen LogP contribution in [-0.2, 0) is 12.8 Å². The van der Waals surface area contributed by atoms with Crippen molar-refractivity contribution in [3.8, 4) is 0 Å². The molecule has 28 heavy (non-hydrogen) atoms. The zero-order valence-electron chi connectivity index (χ0n) is 14.7. The van der Waals surface area contributed by atoms with Crippen molar-refractivity contribution < 1.29 is 4.92 Å². The lowest BCUT2D eigenvalue weighted by molar-refractivity contribution is -0.384. The van der Waals surface area contributed by atoms with E-state index < -0.39 is 4.92 Å². The number of nitro benzene ring substituents is 1. The van der Waals surface area contributed by atoms with Crippen molar-refractivity contribution >= 4 is 56.5 Å². The van der Waals surface area contributed by atoms with Crippen LogP contribution in [0, 0.1) is 10.1 Å². The van der Waals surface area contributed by atoms with E-state index in [1.165, 1.54) is 40.8 Å². The predicted octanol–water partition coefficient (Wildman–Crippen LogP) is 4.94. The molecule has 0 N–H and O–H groups in total. The van der Waals surface area contributed by atoms with Gasteiger partial charge in [0.05, 0.1) is 10.3 Å². The summed E-state index contributed by atoms with van der Waals surface area (Å²) >= 11 is 4.84. The first-order chi connectivity index (χ1) is 13.6. The summed E-state index contributed by atoms with van der Waals surface area (Å²) in [7, 11) is 0. The topological polar surface area (TPSA) is 78.0 Å². The summed E-state index contributed by atoms with van der Waals surface area (Å²) in [6.07, 6.45) is 4.33. The number of aromatic nitrogens is 2. The molecule has 9 heteroatoms. The quantitative estimate of drug-likeness (QED) is 0.254. The molecule has 1 aliphatic carbocycles. The van der Waals surface area contributed by atoms with Crippen LogP contribution >= 0.6 is 34.9 Å². The third-order valence-electron chi connectivity index (χ3n) is 4.97. The summed E-state index contributed by atoms with van der Waals surface area (Å²) in [6, 6.07) is 6.54. The molecule has 1 aromatic carbocycles. The van der Waals surface area contributed by atoms with Crippen LogP contribution in [0.5, 0.6) is 0 Å². The number of non-ortho nitro benzene ring substituents is 1. The summed E-state index contributed by atoms with van der Waals surface area (Å²) in [6.45, 7) is 0. The summed E-state index contributed by atoms with van der Waals surface area (Å²) in [5.74, 6) is 0.758. The number of thioether (sulfide) groups is 2. The molecule has 0 atom stereocenters. The molecule has 0 saturated carbocycles. The second-order valence-corrected chi connectivity index (χ2v) is 9.66. The first-order valence-electron chi connectivity index (χ1n) is 8.92. The van der Waals surface area contributed by atoms with E-state index >= 15 is 0 Å². The predicted molar refractivity (Wildman–Crippen MR) is 114 cm³/mol. The molecule has 2 aliphatic rings. The van der Waals surface area contributed by atoms with Crippen LogP contribution in [0.1, 0.15) is 23.3 Å². The Kier molecular flexibility index (Phi) is 4.53. The molecule has 0 radical (unpaired) electrons. The molecule has 142 valence electrons. The highest BCUT2D eigenvalue weighted by molar-refractivity contribution is 8.02. The molecule has 6 nitrogen and oxygen atoms in total. The van der Waals surface area contributed by atoms with Gasteiger partial charge in [-0.1, -0.05) is 23.5 Å². The molecule has 0 bridgehead atoms. The van der Waals surface area contributed by atoms with Gasteiger partial charge in [0.1, 0.15) is 4.83 Å². The monoisotopic (exact) mass is 429 g/mol. The molecule has 0 spiro atoms. The Bertz CT molecular complexity index is 1200. The fourth-order valence-corrected chi connectivity index (χ4v) is 6.94. The van der Waals surface area contributed by atoms with Crippen LogP contribution in [0.25, 0.3) is 15.9 Å². The molecular formula is C19H15N3O3S3. The van der Waals surface area contributed by atoms with Crippen LogP contribution in [0.2, 0.25) is 0 Å². The van der Waals surface area contributed by atoms with Gasteiger partial charge < -0.3 is 0 Å². The lowest BCUT2D eigenvalue weighted by Crippen LogP contribution is -2.13. The van der Waals surface area contributed by atoms with E-state index in [4.69, 9.17) is 0 Å². The second kappa shape index (κ2) is 7.06. The lowest BCUT2D eigenvalue weighted by Gasteiger charge is -2.09. The number of nitro groups is 1. The van der Waals surface area contributed by atoms with Gasteiger partial charge in [-0.05, 0) is 48.8 Å². The van der Waals surface area contributed by atoms with E-state index in [0.717, 1.165) is 51.0 Å². The zero-order chi connectivity index (χ0) is 19.3. The highest BCUT2D eigenvalue weighted by atomic mass is 32.2. The minimum absolute atomic E-state index is 0.0891. The Morgan fingerprint density at radius 3 is 2.79 bits per heavy atom. The highest BCUT2D eigenvalue weighted by Gasteiger charge is 2.26. The van der Waals surface area contributed by atoms with Gasteiger partial charge in [0.2, 0.25) is 0 Å². The third kappa shape index (κ3) is 2.98. The van der Waals surface area contributed by atoms with Crippen molar-refractivity contribution in [1.29, 1.82) is 0 Å². The van der Waals surface area contributed by atoms with Gasteiger partial charge in [0.25, 0.3) is 11.2 Å². The summed E-state index contributed by atoms with van der Waals surface area (Å²) in [4.78, 5) is 30.7. The Balaban J connectivity index is 1.55. The molecule has 0 saturated heterocycles. The van der Waals surface area contributed by atoms with Crippen LogP contribution in [-0.4, -0.2) is 20.2 Å². The van der Waals surface area contributed by atoms with Crippen molar-refractivity contribution in [3.05, 3.63) is 60.6 Å². The Labute approximate surface area is 172 Å². The standard InChI is InChI=1S/C19H15N3O3S3/c23-17-16-14-3-1-2-4-15(14)28-18(16)21-12(10-27-19(21)20-17)9-26-13-7-5-11(6-8-13)22(24)25/h5-9H,1-4,10H2. The summed E-state index contributed by atoms with van der Waals surface area (Å²) < 4.78 is 2.13. The fourth-order valence-electron chi connectivity index (χ4n) is 3.63. The number of rotatable bonds is 3. The van der Waals surface area contributed by atoms with E-state index in [-0.39, 0.29) is 11.2 Å². The number of fused-ring (bicyclic) bond motifs is 5. The normalized spacial score (nSPS) is 17.1. The molecular weight excluding hydrogens is 414 g/mol. The number of thiophene rings is 1. The Hall–Kier alpha value is -2.10.